The molecule has 8 heteroatoms. The van der Waals surface area contributed by atoms with E-state index in [1.807, 2.05) is 18.2 Å². The van der Waals surface area contributed by atoms with Crippen LogP contribution in [0.3, 0.4) is 0 Å². The highest BCUT2D eigenvalue weighted by Crippen LogP contribution is 2.24. The highest BCUT2D eigenvalue weighted by atomic mass is 127. The third-order valence-electron chi connectivity index (χ3n) is 3.68. The van der Waals surface area contributed by atoms with E-state index in [9.17, 15) is 18.3 Å². The second kappa shape index (κ2) is 5.56. The number of rotatable bonds is 5. The first-order valence-corrected chi connectivity index (χ1v) is 9.16. The largest absolute Gasteiger partial charge is 0.480 e. The van der Waals surface area contributed by atoms with Gasteiger partial charge < -0.3 is 5.11 Å². The van der Waals surface area contributed by atoms with Crippen LogP contribution in [-0.2, 0) is 21.2 Å². The predicted molar refractivity (Wildman–Crippen MR) is 88.0 cm³/mol. The van der Waals surface area contributed by atoms with E-state index in [2.05, 4.69) is 27.7 Å². The molecule has 0 amide bonds. The van der Waals surface area contributed by atoms with Gasteiger partial charge in [-0.3, -0.25) is 9.48 Å². The van der Waals surface area contributed by atoms with Gasteiger partial charge in [-0.05, 0) is 54.1 Å². The number of aromatic nitrogens is 2. The number of aliphatic carboxylic acids is 1. The Bertz CT molecular complexity index is 800. The van der Waals surface area contributed by atoms with Gasteiger partial charge >= 0.3 is 5.97 Å². The fourth-order valence-corrected chi connectivity index (χ4v) is 3.30. The number of sulfone groups is 1. The van der Waals surface area contributed by atoms with Crippen molar-refractivity contribution in [2.45, 2.75) is 24.6 Å². The molecule has 6 nitrogen and oxygen atoms in total. The van der Waals surface area contributed by atoms with Crippen molar-refractivity contribution >= 4 is 49.3 Å². The molecule has 1 N–H and O–H groups in total. The fourth-order valence-electron chi connectivity index (χ4n) is 2.01. The number of carboxylic acid groups (broad SMARTS) is 1. The lowest BCUT2D eigenvalue weighted by molar-refractivity contribution is -0.139. The van der Waals surface area contributed by atoms with Crippen LogP contribution in [0, 0.1) is 3.57 Å². The Morgan fingerprint density at radius 2 is 2.14 bits per heavy atom. The Labute approximate surface area is 136 Å². The zero-order valence-corrected chi connectivity index (χ0v) is 14.6. The summed E-state index contributed by atoms with van der Waals surface area (Å²) in [6.07, 6.45) is 2.60. The van der Waals surface area contributed by atoms with E-state index in [-0.39, 0.29) is 13.0 Å². The van der Waals surface area contributed by atoms with E-state index in [4.69, 9.17) is 0 Å². The molecule has 1 atom stereocenters. The second-order valence-electron chi connectivity index (χ2n) is 5.13. The number of carbonyl (C=O) groups is 1. The lowest BCUT2D eigenvalue weighted by Crippen LogP contribution is -2.43. The first kappa shape index (κ1) is 16.2. The lowest BCUT2D eigenvalue weighted by Gasteiger charge is -2.22. The molecule has 1 unspecified atom stereocenters. The third-order valence-corrected chi connectivity index (χ3v) is 6.36. The number of halogens is 1. The van der Waals surface area contributed by atoms with Gasteiger partial charge in [0.2, 0.25) is 0 Å². The second-order valence-corrected chi connectivity index (χ2v) is 8.82. The zero-order valence-electron chi connectivity index (χ0n) is 11.6. The molecule has 1 heterocycles. The van der Waals surface area contributed by atoms with Gasteiger partial charge in [-0.1, -0.05) is 0 Å². The van der Waals surface area contributed by atoms with Gasteiger partial charge in [0.25, 0.3) is 0 Å². The fraction of sp³-hybridized carbons (Fsp3) is 0.385. The Kier molecular flexibility index (Phi) is 4.29. The van der Waals surface area contributed by atoms with Crippen LogP contribution < -0.4 is 0 Å². The average molecular weight is 422 g/mol. The molecule has 21 heavy (non-hydrogen) atoms. The molecule has 2 aromatic rings. The van der Waals surface area contributed by atoms with Crippen LogP contribution in [0.2, 0.25) is 0 Å². The molecule has 0 saturated heterocycles. The molecule has 0 radical (unpaired) electrons. The molecule has 0 bridgehead atoms. The highest BCUT2D eigenvalue weighted by molar-refractivity contribution is 14.1. The molecule has 0 aliphatic rings. The van der Waals surface area contributed by atoms with Gasteiger partial charge in [0, 0.05) is 21.8 Å². The molecule has 0 saturated carbocycles. The van der Waals surface area contributed by atoms with Crippen LogP contribution in [0.1, 0.15) is 13.3 Å². The van der Waals surface area contributed by atoms with Gasteiger partial charge in [0.1, 0.15) is 0 Å². The summed E-state index contributed by atoms with van der Waals surface area (Å²) in [6, 6.07) is 5.78. The van der Waals surface area contributed by atoms with Gasteiger partial charge in [0.05, 0.1) is 11.7 Å². The number of carboxylic acids is 1. The van der Waals surface area contributed by atoms with E-state index in [1.54, 1.807) is 10.9 Å². The lowest BCUT2D eigenvalue weighted by atomic mass is 10.1. The third kappa shape index (κ3) is 3.05. The Hall–Kier alpha value is -1.16. The Balaban J connectivity index is 2.31. The quantitative estimate of drug-likeness (QED) is 0.744. The normalized spacial score (nSPS) is 15.0. The predicted octanol–water partition coefficient (Wildman–Crippen LogP) is 1.92. The Morgan fingerprint density at radius 1 is 1.48 bits per heavy atom. The zero-order chi connectivity index (χ0) is 15.8. The summed E-state index contributed by atoms with van der Waals surface area (Å²) in [5, 5.41) is 14.4. The summed E-state index contributed by atoms with van der Waals surface area (Å²) in [4.78, 5) is 11.3. The van der Waals surface area contributed by atoms with Gasteiger partial charge in [0.15, 0.2) is 14.6 Å². The summed E-state index contributed by atoms with van der Waals surface area (Å²) in [5.74, 6) is -1.34. The van der Waals surface area contributed by atoms with Crippen LogP contribution in [-0.4, -0.2) is 40.3 Å². The minimum atomic E-state index is -3.72. The van der Waals surface area contributed by atoms with Crippen molar-refractivity contribution in [3.8, 4) is 0 Å². The topological polar surface area (TPSA) is 89.3 Å². The van der Waals surface area contributed by atoms with Crippen LogP contribution in [0.15, 0.2) is 24.4 Å². The number of hydrogen-bond donors (Lipinski definition) is 1. The molecule has 2 rings (SSSR count). The van der Waals surface area contributed by atoms with Crippen LogP contribution in [0.25, 0.3) is 10.9 Å². The smallest absolute Gasteiger partial charge is 0.324 e. The first-order valence-electron chi connectivity index (χ1n) is 6.19. The summed E-state index contributed by atoms with van der Waals surface area (Å²) in [6.45, 7) is 1.46. The van der Waals surface area contributed by atoms with E-state index >= 15 is 0 Å². The summed E-state index contributed by atoms with van der Waals surface area (Å²) in [7, 11) is -3.72. The molecular formula is C13H15IN2O4S. The van der Waals surface area contributed by atoms with Crippen molar-refractivity contribution in [1.29, 1.82) is 0 Å². The monoisotopic (exact) mass is 422 g/mol. The number of benzene rings is 1. The summed E-state index contributed by atoms with van der Waals surface area (Å²) >= 11 is 2.20. The number of aryl methyl sites for hydroxylation is 1. The van der Waals surface area contributed by atoms with Crippen molar-refractivity contribution in [3.63, 3.8) is 0 Å². The van der Waals surface area contributed by atoms with Gasteiger partial charge in [-0.25, -0.2) is 8.42 Å². The molecule has 1 aromatic carbocycles. The standard InChI is InChI=1S/C13H15IN2O4S/c1-13(12(17)18,21(2,19)20)5-6-16-11-4-3-10(14)7-9(11)8-15-16/h3-4,7-8H,5-6H2,1-2H3,(H,17,18). The average Bonchev–Trinajstić information content (AvgIpc) is 2.76. The van der Waals surface area contributed by atoms with E-state index in [0.717, 1.165) is 20.7 Å². The molecular weight excluding hydrogens is 407 g/mol. The number of nitrogens with zero attached hydrogens (tertiary/aromatic N) is 2. The van der Waals surface area contributed by atoms with Crippen LogP contribution >= 0.6 is 22.6 Å². The Morgan fingerprint density at radius 3 is 2.71 bits per heavy atom. The molecule has 0 aliphatic carbocycles. The van der Waals surface area contributed by atoms with Crippen molar-refractivity contribution in [2.75, 3.05) is 6.26 Å². The minimum Gasteiger partial charge on any atom is -0.480 e. The van der Waals surface area contributed by atoms with Gasteiger partial charge in [-0.2, -0.15) is 5.10 Å². The molecule has 1 aromatic heterocycles. The van der Waals surface area contributed by atoms with Crippen LogP contribution in [0.4, 0.5) is 0 Å². The van der Waals surface area contributed by atoms with E-state index in [0.29, 0.717) is 0 Å². The maximum absolute atomic E-state index is 11.8. The molecule has 0 aliphatic heterocycles. The van der Waals surface area contributed by atoms with Crippen molar-refractivity contribution in [1.82, 2.24) is 9.78 Å². The molecule has 0 fully saturated rings. The van der Waals surface area contributed by atoms with Crippen molar-refractivity contribution in [3.05, 3.63) is 28.0 Å². The van der Waals surface area contributed by atoms with Crippen molar-refractivity contribution < 1.29 is 18.3 Å². The van der Waals surface area contributed by atoms with Crippen LogP contribution in [0.5, 0.6) is 0 Å². The maximum atomic E-state index is 11.8. The van der Waals surface area contributed by atoms with E-state index < -0.39 is 20.6 Å². The summed E-state index contributed by atoms with van der Waals surface area (Å²) in [5.41, 5.74) is 0.858. The SMILES string of the molecule is CC(CCn1ncc2cc(I)ccc21)(C(=O)O)S(C)(=O)=O. The van der Waals surface area contributed by atoms with Gasteiger partial charge in [-0.15, -0.1) is 0 Å². The maximum Gasteiger partial charge on any atom is 0.324 e. The highest BCUT2D eigenvalue weighted by Gasteiger charge is 2.43. The molecule has 0 spiro atoms. The number of fused-ring (bicyclic) bond motifs is 1. The minimum absolute atomic E-state index is 0.0378. The molecule has 114 valence electrons. The van der Waals surface area contributed by atoms with E-state index in [1.165, 1.54) is 6.92 Å². The number of hydrogen-bond acceptors (Lipinski definition) is 4. The van der Waals surface area contributed by atoms with Crippen molar-refractivity contribution in [2.24, 2.45) is 0 Å². The first-order chi connectivity index (χ1) is 9.65. The summed E-state index contributed by atoms with van der Waals surface area (Å²) < 4.78 is 24.4.